The number of halogens is 1. The SMILES string of the molecule is COC(=O)CC(COC=O)N(C(C)C)C(C)c1ccc[c-]c1O.[B]P(C)I.[Y]. The molecule has 1 aromatic carbocycles. The van der Waals surface area contributed by atoms with Gasteiger partial charge in [-0.2, -0.15) is 18.2 Å². The van der Waals surface area contributed by atoms with E-state index in [0.29, 0.717) is 12.0 Å². The van der Waals surface area contributed by atoms with E-state index in [-0.39, 0.29) is 81.0 Å². The molecular weight excluding hydrogens is 568 g/mol. The van der Waals surface area contributed by atoms with E-state index in [0.717, 1.165) is 0 Å². The van der Waals surface area contributed by atoms with Gasteiger partial charge < -0.3 is 14.6 Å². The molecule has 1 aromatic rings. The molecule has 0 bridgehead atoms. The van der Waals surface area contributed by atoms with E-state index in [9.17, 15) is 14.7 Å². The van der Waals surface area contributed by atoms with E-state index in [1.54, 1.807) is 12.1 Å². The van der Waals surface area contributed by atoms with Crippen LogP contribution >= 0.6 is 27.5 Å². The van der Waals surface area contributed by atoms with E-state index in [1.165, 1.54) is 7.11 Å². The largest absolute Gasteiger partial charge is 0.534 e. The number of phenolic OH excluding ortho intramolecular Hbond substituents is 1. The molecule has 0 aliphatic rings. The van der Waals surface area contributed by atoms with Gasteiger partial charge in [0, 0.05) is 44.5 Å². The molecule has 0 saturated heterocycles. The smallest absolute Gasteiger partial charge is 0.307 e. The number of nitrogens with zero attached hydrogens (tertiary/aromatic N) is 1. The first-order valence-electron chi connectivity index (χ1n) is 8.38. The van der Waals surface area contributed by atoms with Crippen LogP contribution in [0.1, 0.15) is 38.8 Å². The molecule has 28 heavy (non-hydrogen) atoms. The van der Waals surface area contributed by atoms with Crippen LogP contribution in [-0.4, -0.2) is 62.5 Å². The Bertz CT molecular complexity index is 580. The van der Waals surface area contributed by atoms with Crippen LogP contribution in [-0.2, 0) is 51.8 Å². The minimum atomic E-state index is -0.383. The monoisotopic (exact) mass is 595 g/mol. The van der Waals surface area contributed by atoms with Crippen molar-refractivity contribution in [3.8, 4) is 5.75 Å². The zero-order valence-electron chi connectivity index (χ0n) is 17.0. The number of phenols is 1. The summed E-state index contributed by atoms with van der Waals surface area (Å²) in [6.45, 7) is 8.31. The normalized spacial score (nSPS) is 13.4. The predicted molar refractivity (Wildman–Crippen MR) is 117 cm³/mol. The second kappa shape index (κ2) is 17.0. The number of rotatable bonds is 9. The predicted octanol–water partition coefficient (Wildman–Crippen LogP) is 3.60. The number of para-hydroxylation sites is 1. The van der Waals surface area contributed by atoms with E-state index in [1.807, 2.05) is 38.4 Å². The van der Waals surface area contributed by atoms with Crippen molar-refractivity contribution in [3.05, 3.63) is 29.8 Å². The molecule has 0 heterocycles. The summed E-state index contributed by atoms with van der Waals surface area (Å²) >= 11 is 2.19. The van der Waals surface area contributed by atoms with Crippen molar-refractivity contribution in [2.45, 2.75) is 45.3 Å². The first kappa shape index (κ1) is 30.4. The van der Waals surface area contributed by atoms with Crippen molar-refractivity contribution in [1.82, 2.24) is 4.90 Å². The molecule has 153 valence electrons. The number of carbonyl (C=O) groups is 2. The molecule has 0 spiro atoms. The molecule has 1 rings (SSSR count). The minimum absolute atomic E-state index is 0. The van der Waals surface area contributed by atoms with Crippen LogP contribution in [0, 0.1) is 6.07 Å². The number of benzene rings is 1. The van der Waals surface area contributed by atoms with Crippen LogP contribution in [0.15, 0.2) is 18.2 Å². The van der Waals surface area contributed by atoms with Gasteiger partial charge in [-0.25, -0.2) is 0 Å². The third kappa shape index (κ3) is 12.1. The molecule has 0 saturated carbocycles. The average Bonchev–Trinajstić information content (AvgIpc) is 2.58. The summed E-state index contributed by atoms with van der Waals surface area (Å²) in [4.78, 5) is 24.3. The van der Waals surface area contributed by atoms with Crippen molar-refractivity contribution in [2.75, 3.05) is 20.4 Å². The Balaban J connectivity index is 0. The first-order chi connectivity index (χ1) is 12.6. The molecule has 6 nitrogen and oxygen atoms in total. The molecule has 1 N–H and O–H groups in total. The fourth-order valence-electron chi connectivity index (χ4n) is 2.80. The molecule has 0 fully saturated rings. The minimum Gasteiger partial charge on any atom is -0.534 e. The fraction of sp³-hybridized carbons (Fsp3) is 0.556. The topological polar surface area (TPSA) is 76.1 Å². The molecule has 3 radical (unpaired) electrons. The molecule has 0 aliphatic heterocycles. The Kier molecular flexibility index (Phi) is 18.5. The summed E-state index contributed by atoms with van der Waals surface area (Å²) in [6.07, 6.45) is 0.0875. The third-order valence-electron chi connectivity index (χ3n) is 3.77. The summed E-state index contributed by atoms with van der Waals surface area (Å²) in [7, 11) is 6.48. The van der Waals surface area contributed by atoms with E-state index < -0.39 is 0 Å². The first-order valence-corrected chi connectivity index (χ1v) is 13.0. The Morgan fingerprint density at radius 3 is 2.46 bits per heavy atom. The molecular formula is C18H27BINO5PY-. The second-order valence-electron chi connectivity index (χ2n) is 6.08. The number of hydrogen-bond donors (Lipinski definition) is 1. The van der Waals surface area contributed by atoms with Crippen molar-refractivity contribution >= 4 is 47.5 Å². The van der Waals surface area contributed by atoms with Gasteiger partial charge in [-0.15, -0.1) is 6.07 Å². The van der Waals surface area contributed by atoms with E-state index >= 15 is 0 Å². The van der Waals surface area contributed by atoms with Crippen LogP contribution in [0.5, 0.6) is 5.75 Å². The maximum Gasteiger partial charge on any atom is 0.307 e. The number of aromatic hydroxyl groups is 1. The number of carbonyl (C=O) groups excluding carboxylic acids is 2. The summed E-state index contributed by atoms with van der Waals surface area (Å²) in [5.41, 5.74) is 0.546. The summed E-state index contributed by atoms with van der Waals surface area (Å²) < 4.78 is 9.62. The van der Waals surface area contributed by atoms with Crippen LogP contribution in [0.25, 0.3) is 0 Å². The van der Waals surface area contributed by atoms with Gasteiger partial charge in [-0.05, 0) is 26.6 Å². The van der Waals surface area contributed by atoms with Crippen LogP contribution in [0.2, 0.25) is 0 Å². The van der Waals surface area contributed by atoms with Gasteiger partial charge in [-0.1, -0.05) is 40.0 Å². The Labute approximate surface area is 209 Å². The molecule has 0 aromatic heterocycles. The molecule has 3 unspecified atom stereocenters. The zero-order valence-corrected chi connectivity index (χ0v) is 22.9. The van der Waals surface area contributed by atoms with E-state index in [2.05, 4.69) is 28.1 Å². The Hall–Kier alpha value is 0.249. The van der Waals surface area contributed by atoms with Gasteiger partial charge >= 0.3 is 5.97 Å². The second-order valence-corrected chi connectivity index (χ2v) is 11.7. The van der Waals surface area contributed by atoms with Gasteiger partial charge in [0.15, 0.2) is 0 Å². The van der Waals surface area contributed by atoms with Crippen LogP contribution in [0.4, 0.5) is 0 Å². The molecule has 10 heteroatoms. The summed E-state index contributed by atoms with van der Waals surface area (Å²) in [6, 6.07) is 7.48. The third-order valence-corrected chi connectivity index (χ3v) is 3.77. The summed E-state index contributed by atoms with van der Waals surface area (Å²) in [5, 5.41) is 10.0. The Morgan fingerprint density at radius 1 is 1.46 bits per heavy atom. The van der Waals surface area contributed by atoms with Gasteiger partial charge in [0.2, 0.25) is 0 Å². The standard InChI is InChI=1S/C17H24NO5.CH3BIP.Y/c1-12(2)18(13(3)15-7-5-6-8-16(15)20)14(10-23-11-19)9-17(21)22-4;1-4(2)3;/h5-7,11-14,20H,9-10H2,1-4H3;1H3;/q-1;;. The van der Waals surface area contributed by atoms with Crippen LogP contribution in [0.3, 0.4) is 0 Å². The quantitative estimate of drug-likeness (QED) is 0.118. The number of ether oxygens (including phenoxy) is 2. The fourth-order valence-corrected chi connectivity index (χ4v) is 2.80. The molecule has 0 aliphatic carbocycles. The van der Waals surface area contributed by atoms with E-state index in [4.69, 9.17) is 17.0 Å². The number of methoxy groups -OCH3 is 1. The van der Waals surface area contributed by atoms with Gasteiger partial charge in [-0.3, -0.25) is 14.5 Å². The van der Waals surface area contributed by atoms with Crippen LogP contribution < -0.4 is 0 Å². The Morgan fingerprint density at radius 2 is 2.04 bits per heavy atom. The summed E-state index contributed by atoms with van der Waals surface area (Å²) in [5.74, 6) is -0.315. The molecule has 0 amide bonds. The molecule has 3 atom stereocenters. The van der Waals surface area contributed by atoms with Crippen molar-refractivity contribution in [2.24, 2.45) is 0 Å². The average molecular weight is 595 g/mol. The number of hydrogen-bond acceptors (Lipinski definition) is 6. The van der Waals surface area contributed by atoms with Gasteiger partial charge in [0.25, 0.3) is 6.47 Å². The van der Waals surface area contributed by atoms with Gasteiger partial charge in [0.1, 0.15) is 14.2 Å². The zero-order chi connectivity index (χ0) is 21.0. The van der Waals surface area contributed by atoms with Crippen molar-refractivity contribution in [3.63, 3.8) is 0 Å². The maximum atomic E-state index is 11.7. The maximum absolute atomic E-state index is 11.7. The van der Waals surface area contributed by atoms with Gasteiger partial charge in [0.05, 0.1) is 19.6 Å². The van der Waals surface area contributed by atoms with Crippen molar-refractivity contribution in [1.29, 1.82) is 0 Å². The number of esters is 1. The van der Waals surface area contributed by atoms with Crippen molar-refractivity contribution < 1.29 is 56.9 Å².